The number of hydrogen-bond acceptors (Lipinski definition) is 4. The van der Waals surface area contributed by atoms with Crippen molar-refractivity contribution in [2.45, 2.75) is 44.0 Å². The van der Waals surface area contributed by atoms with Crippen molar-refractivity contribution in [2.24, 2.45) is 5.73 Å². The van der Waals surface area contributed by atoms with Crippen LogP contribution in [0, 0.1) is 0 Å². The van der Waals surface area contributed by atoms with Crippen LogP contribution >= 0.6 is 0 Å². The van der Waals surface area contributed by atoms with Gasteiger partial charge in [-0.1, -0.05) is 81.4 Å². The van der Waals surface area contributed by atoms with Crippen molar-refractivity contribution in [1.29, 1.82) is 0 Å². The van der Waals surface area contributed by atoms with Gasteiger partial charge in [0.2, 0.25) is 0 Å². The Morgan fingerprint density at radius 2 is 1.57 bits per heavy atom. The molecule has 1 aliphatic rings. The van der Waals surface area contributed by atoms with Gasteiger partial charge >= 0.3 is 5.97 Å². The van der Waals surface area contributed by atoms with Crippen molar-refractivity contribution in [3.8, 4) is 0 Å². The lowest BCUT2D eigenvalue weighted by molar-refractivity contribution is -0.153. The Morgan fingerprint density at radius 1 is 1.11 bits per heavy atom. The first-order chi connectivity index (χ1) is 13.1. The number of carboxylic acids is 1. The van der Waals surface area contributed by atoms with E-state index in [2.05, 4.69) is 45.0 Å². The summed E-state index contributed by atoms with van der Waals surface area (Å²) in [6, 6.07) is 20.4. The predicted octanol–water partition coefficient (Wildman–Crippen LogP) is 2.01. The molecule has 1 heterocycles. The van der Waals surface area contributed by atoms with Crippen molar-refractivity contribution >= 4 is 24.7 Å². The number of nitrogens with two attached hydrogens (primary N) is 1. The monoisotopic (exact) mass is 398 g/mol. The summed E-state index contributed by atoms with van der Waals surface area (Å²) in [4.78, 5) is 13.8. The maximum absolute atomic E-state index is 12.1. The lowest BCUT2D eigenvalue weighted by Crippen LogP contribution is -2.72. The quantitative estimate of drug-likeness (QED) is 0.754. The zero-order valence-electron chi connectivity index (χ0n) is 17.1. The number of carbonyl (C=O) groups is 1. The van der Waals surface area contributed by atoms with Crippen molar-refractivity contribution in [2.75, 3.05) is 13.6 Å². The van der Waals surface area contributed by atoms with E-state index in [1.54, 1.807) is 11.9 Å². The van der Waals surface area contributed by atoms with Gasteiger partial charge in [0.1, 0.15) is 0 Å². The van der Waals surface area contributed by atoms with Gasteiger partial charge in [0.05, 0.1) is 6.10 Å². The summed E-state index contributed by atoms with van der Waals surface area (Å²) >= 11 is 0. The second-order valence-corrected chi connectivity index (χ2v) is 12.9. The van der Waals surface area contributed by atoms with Crippen molar-refractivity contribution in [3.05, 3.63) is 60.7 Å². The van der Waals surface area contributed by atoms with Crippen LogP contribution in [0.4, 0.5) is 0 Å². The van der Waals surface area contributed by atoms with Crippen LogP contribution in [0.15, 0.2) is 60.7 Å². The standard InChI is InChI=1S/C22H30N2O3Si/c1-21(2,3)28(17-11-7-5-8-12-17,18-13-9-6-10-14-18)27-19-15-16-24(4)22(19,23)20(25)26/h5-14,19H,15-16,23H2,1-4H3,(H,25,26)/t19-,22?/m1/s1. The van der Waals surface area contributed by atoms with Crippen LogP contribution in [0.3, 0.4) is 0 Å². The minimum Gasteiger partial charge on any atom is -0.479 e. The number of likely N-dealkylation sites (N-methyl/N-ethyl adjacent to an activating group) is 1. The molecule has 1 saturated heterocycles. The topological polar surface area (TPSA) is 75.8 Å². The SMILES string of the molecule is CN1CC[C@@H](O[Si](c2ccccc2)(c2ccccc2)C(C)(C)C)C1(N)C(=O)O. The number of carboxylic acid groups (broad SMARTS) is 1. The van der Waals surface area contributed by atoms with Crippen molar-refractivity contribution in [3.63, 3.8) is 0 Å². The molecular weight excluding hydrogens is 368 g/mol. The largest absolute Gasteiger partial charge is 0.479 e. The predicted molar refractivity (Wildman–Crippen MR) is 114 cm³/mol. The lowest BCUT2D eigenvalue weighted by Gasteiger charge is -2.46. The highest BCUT2D eigenvalue weighted by Crippen LogP contribution is 2.40. The summed E-state index contributed by atoms with van der Waals surface area (Å²) in [6.45, 7) is 7.12. The van der Waals surface area contributed by atoms with Crippen LogP contribution in [0.25, 0.3) is 0 Å². The Bertz CT molecular complexity index is 783. The van der Waals surface area contributed by atoms with E-state index in [-0.39, 0.29) is 5.04 Å². The highest BCUT2D eigenvalue weighted by atomic mass is 28.4. The van der Waals surface area contributed by atoms with Gasteiger partial charge in [-0.2, -0.15) is 0 Å². The summed E-state index contributed by atoms with van der Waals surface area (Å²) in [6.07, 6.45) is -0.00891. The molecule has 28 heavy (non-hydrogen) atoms. The van der Waals surface area contributed by atoms with Gasteiger partial charge in [0, 0.05) is 6.54 Å². The Morgan fingerprint density at radius 3 is 1.96 bits per heavy atom. The van der Waals surface area contributed by atoms with Gasteiger partial charge in [-0.3, -0.25) is 4.90 Å². The first kappa shape index (κ1) is 20.7. The second kappa shape index (κ2) is 7.44. The molecular formula is C22H30N2O3Si. The average Bonchev–Trinajstić information content (AvgIpc) is 2.95. The molecule has 3 N–H and O–H groups in total. The molecule has 0 bridgehead atoms. The van der Waals surface area contributed by atoms with Gasteiger partial charge in [-0.05, 0) is 28.9 Å². The van der Waals surface area contributed by atoms with Crippen LogP contribution in [0.5, 0.6) is 0 Å². The van der Waals surface area contributed by atoms with E-state index in [0.29, 0.717) is 13.0 Å². The number of rotatable bonds is 5. The third kappa shape index (κ3) is 3.20. The number of benzene rings is 2. The molecule has 6 heteroatoms. The zero-order valence-corrected chi connectivity index (χ0v) is 18.1. The highest BCUT2D eigenvalue weighted by molar-refractivity contribution is 6.99. The smallest absolute Gasteiger partial charge is 0.341 e. The van der Waals surface area contributed by atoms with E-state index >= 15 is 0 Å². The van der Waals surface area contributed by atoms with E-state index in [9.17, 15) is 9.90 Å². The Labute approximate surface area is 168 Å². The maximum Gasteiger partial charge on any atom is 0.341 e. The molecule has 0 radical (unpaired) electrons. The minimum atomic E-state index is -2.85. The third-order valence-electron chi connectivity index (χ3n) is 5.93. The summed E-state index contributed by atoms with van der Waals surface area (Å²) in [5.74, 6) is -1.05. The van der Waals surface area contributed by atoms with Crippen LogP contribution < -0.4 is 16.1 Å². The molecule has 150 valence electrons. The van der Waals surface area contributed by atoms with Gasteiger partial charge < -0.3 is 15.3 Å². The molecule has 0 aliphatic carbocycles. The molecule has 2 aromatic carbocycles. The second-order valence-electron chi connectivity index (χ2n) is 8.61. The molecule has 1 aliphatic heterocycles. The van der Waals surface area contributed by atoms with E-state index in [0.717, 1.165) is 10.4 Å². The molecule has 0 spiro atoms. The molecule has 1 unspecified atom stereocenters. The molecule has 3 rings (SSSR count). The normalized spacial score (nSPS) is 23.7. The van der Waals surface area contributed by atoms with E-state index in [1.165, 1.54) is 0 Å². The fourth-order valence-corrected chi connectivity index (χ4v) is 9.06. The van der Waals surface area contributed by atoms with Gasteiger partial charge in [0.15, 0.2) is 5.66 Å². The molecule has 2 atom stereocenters. The highest BCUT2D eigenvalue weighted by Gasteiger charge is 2.58. The van der Waals surface area contributed by atoms with E-state index in [1.807, 2.05) is 36.4 Å². The lowest BCUT2D eigenvalue weighted by atomic mass is 10.1. The Balaban J connectivity index is 2.21. The first-order valence-corrected chi connectivity index (χ1v) is 11.6. The summed E-state index contributed by atoms with van der Waals surface area (Å²) in [7, 11) is -1.10. The summed E-state index contributed by atoms with van der Waals surface area (Å²) < 4.78 is 6.97. The molecule has 0 saturated carbocycles. The molecule has 5 nitrogen and oxygen atoms in total. The number of likely N-dealkylation sites (tertiary alicyclic amines) is 1. The minimum absolute atomic E-state index is 0.226. The fourth-order valence-electron chi connectivity index (χ4n) is 4.32. The summed E-state index contributed by atoms with van der Waals surface area (Å²) in [5.41, 5.74) is 4.89. The van der Waals surface area contributed by atoms with Gasteiger partial charge in [0.25, 0.3) is 8.32 Å². The molecule has 0 amide bonds. The van der Waals surface area contributed by atoms with Crippen LogP contribution in [-0.4, -0.2) is 49.7 Å². The average molecular weight is 399 g/mol. The first-order valence-electron chi connectivity index (χ1n) is 9.66. The molecule has 1 fully saturated rings. The maximum atomic E-state index is 12.1. The van der Waals surface area contributed by atoms with Crippen molar-refractivity contribution < 1.29 is 14.3 Å². The Hall–Kier alpha value is -1.99. The third-order valence-corrected chi connectivity index (χ3v) is 11.0. The van der Waals surface area contributed by atoms with E-state index < -0.39 is 26.1 Å². The molecule has 2 aromatic rings. The van der Waals surface area contributed by atoms with Gasteiger partial charge in [-0.15, -0.1) is 0 Å². The van der Waals surface area contributed by atoms with Gasteiger partial charge in [-0.25, -0.2) is 4.79 Å². The summed E-state index contributed by atoms with van der Waals surface area (Å²) in [5, 5.41) is 11.9. The zero-order chi connectivity index (χ0) is 20.6. The number of hydrogen-bond donors (Lipinski definition) is 2. The van der Waals surface area contributed by atoms with Crippen LogP contribution in [0.1, 0.15) is 27.2 Å². The van der Waals surface area contributed by atoms with Crippen LogP contribution in [-0.2, 0) is 9.22 Å². The fraction of sp³-hybridized carbons (Fsp3) is 0.409. The number of nitrogens with zero attached hydrogens (tertiary/aromatic N) is 1. The molecule has 0 aromatic heterocycles. The van der Waals surface area contributed by atoms with Crippen molar-refractivity contribution in [1.82, 2.24) is 4.90 Å². The van der Waals surface area contributed by atoms with E-state index in [4.69, 9.17) is 10.2 Å². The Kier molecular flexibility index (Phi) is 5.51. The van der Waals surface area contributed by atoms with Crippen LogP contribution in [0.2, 0.25) is 5.04 Å². The number of aliphatic carboxylic acids is 1.